The Morgan fingerprint density at radius 2 is 1.29 bits per heavy atom. The molecule has 0 aliphatic carbocycles. The van der Waals surface area contributed by atoms with Crippen LogP contribution in [0.4, 0.5) is 0 Å². The highest BCUT2D eigenvalue weighted by atomic mass is 16.7. The second-order valence-electron chi connectivity index (χ2n) is 5.44. The predicted octanol–water partition coefficient (Wildman–Crippen LogP) is 3.21. The summed E-state index contributed by atoms with van der Waals surface area (Å²) in [6.45, 7) is 12.9. The standard InChI is InChI=1S/C12H24O2/c1-8(2)10-7-11(9(3)4)14-12(5,6)13-10/h8-11H,7H2,1-6H3/t10-,11-/m1/s1. The average Bonchev–Trinajstić information content (AvgIpc) is 2.01. The number of rotatable bonds is 2. The minimum absolute atomic E-state index is 0.339. The molecule has 0 aromatic carbocycles. The summed E-state index contributed by atoms with van der Waals surface area (Å²) in [6, 6.07) is 0. The van der Waals surface area contributed by atoms with Gasteiger partial charge in [0, 0.05) is 6.42 Å². The monoisotopic (exact) mass is 200 g/mol. The van der Waals surface area contributed by atoms with Gasteiger partial charge in [0.25, 0.3) is 0 Å². The van der Waals surface area contributed by atoms with Gasteiger partial charge in [0.2, 0.25) is 0 Å². The maximum atomic E-state index is 5.89. The first-order chi connectivity index (χ1) is 6.32. The fraction of sp³-hybridized carbons (Fsp3) is 1.00. The van der Waals surface area contributed by atoms with Crippen LogP contribution in [0.5, 0.6) is 0 Å². The molecule has 0 unspecified atom stereocenters. The van der Waals surface area contributed by atoms with Crippen molar-refractivity contribution in [2.75, 3.05) is 0 Å². The minimum Gasteiger partial charge on any atom is -0.347 e. The Labute approximate surface area is 88.0 Å². The highest BCUT2D eigenvalue weighted by Crippen LogP contribution is 2.32. The van der Waals surface area contributed by atoms with Crippen molar-refractivity contribution in [2.24, 2.45) is 11.8 Å². The molecule has 1 aliphatic heterocycles. The van der Waals surface area contributed by atoms with Crippen molar-refractivity contribution in [3.8, 4) is 0 Å². The van der Waals surface area contributed by atoms with Crippen LogP contribution in [0, 0.1) is 11.8 Å². The summed E-state index contributed by atoms with van der Waals surface area (Å²) in [5.41, 5.74) is 0. The molecule has 0 saturated carbocycles. The first-order valence-corrected chi connectivity index (χ1v) is 5.67. The normalized spacial score (nSPS) is 32.6. The van der Waals surface area contributed by atoms with Crippen molar-refractivity contribution in [1.29, 1.82) is 0 Å². The molecule has 1 heterocycles. The summed E-state index contributed by atoms with van der Waals surface area (Å²) >= 11 is 0. The third-order valence-corrected chi connectivity index (χ3v) is 2.82. The first kappa shape index (κ1) is 12.0. The zero-order chi connectivity index (χ0) is 10.9. The van der Waals surface area contributed by atoms with Gasteiger partial charge in [0.15, 0.2) is 5.79 Å². The predicted molar refractivity (Wildman–Crippen MR) is 58.1 cm³/mol. The van der Waals surface area contributed by atoms with E-state index in [2.05, 4.69) is 27.7 Å². The summed E-state index contributed by atoms with van der Waals surface area (Å²) in [5, 5.41) is 0. The zero-order valence-electron chi connectivity index (χ0n) is 10.3. The number of hydrogen-bond donors (Lipinski definition) is 0. The third kappa shape index (κ3) is 2.96. The Hall–Kier alpha value is -0.0800. The van der Waals surface area contributed by atoms with E-state index < -0.39 is 5.79 Å². The fourth-order valence-electron chi connectivity index (χ4n) is 1.90. The summed E-state index contributed by atoms with van der Waals surface area (Å²) in [7, 11) is 0. The Morgan fingerprint density at radius 1 is 0.929 bits per heavy atom. The van der Waals surface area contributed by atoms with Crippen LogP contribution in [0.25, 0.3) is 0 Å². The van der Waals surface area contributed by atoms with Crippen LogP contribution in [0.1, 0.15) is 48.0 Å². The summed E-state index contributed by atoms with van der Waals surface area (Å²) in [4.78, 5) is 0. The van der Waals surface area contributed by atoms with Gasteiger partial charge in [-0.2, -0.15) is 0 Å². The molecule has 84 valence electrons. The van der Waals surface area contributed by atoms with Crippen LogP contribution in [0.2, 0.25) is 0 Å². The van der Waals surface area contributed by atoms with Crippen molar-refractivity contribution < 1.29 is 9.47 Å². The molecule has 1 fully saturated rings. The third-order valence-electron chi connectivity index (χ3n) is 2.82. The average molecular weight is 200 g/mol. The van der Waals surface area contributed by atoms with E-state index in [1.807, 2.05) is 13.8 Å². The van der Waals surface area contributed by atoms with Gasteiger partial charge in [-0.25, -0.2) is 0 Å². The van der Waals surface area contributed by atoms with Gasteiger partial charge in [0.1, 0.15) is 0 Å². The van der Waals surface area contributed by atoms with E-state index in [-0.39, 0.29) is 0 Å². The van der Waals surface area contributed by atoms with Gasteiger partial charge in [-0.05, 0) is 25.7 Å². The Bertz CT molecular complexity index is 167. The molecular formula is C12H24O2. The minimum atomic E-state index is -0.415. The van der Waals surface area contributed by atoms with E-state index in [0.717, 1.165) is 6.42 Å². The van der Waals surface area contributed by atoms with Gasteiger partial charge in [-0.3, -0.25) is 0 Å². The molecule has 14 heavy (non-hydrogen) atoms. The Kier molecular flexibility index (Phi) is 3.59. The fourth-order valence-corrected chi connectivity index (χ4v) is 1.90. The number of hydrogen-bond acceptors (Lipinski definition) is 2. The molecule has 2 nitrogen and oxygen atoms in total. The van der Waals surface area contributed by atoms with Gasteiger partial charge >= 0.3 is 0 Å². The van der Waals surface area contributed by atoms with Gasteiger partial charge < -0.3 is 9.47 Å². The molecule has 0 aromatic heterocycles. The summed E-state index contributed by atoms with van der Waals surface area (Å²) in [5.74, 6) is 0.723. The maximum Gasteiger partial charge on any atom is 0.163 e. The van der Waals surface area contributed by atoms with Crippen LogP contribution in [-0.4, -0.2) is 18.0 Å². The molecular weight excluding hydrogens is 176 g/mol. The summed E-state index contributed by atoms with van der Waals surface area (Å²) in [6.07, 6.45) is 1.70. The molecule has 0 amide bonds. The van der Waals surface area contributed by atoms with E-state index in [0.29, 0.717) is 24.0 Å². The SMILES string of the molecule is CC(C)[C@H]1C[C@H](C(C)C)OC(C)(C)O1. The van der Waals surface area contributed by atoms with Crippen LogP contribution in [0.3, 0.4) is 0 Å². The topological polar surface area (TPSA) is 18.5 Å². The molecule has 0 N–H and O–H groups in total. The lowest BCUT2D eigenvalue weighted by molar-refractivity contribution is -0.312. The number of ether oxygens (including phenoxy) is 2. The van der Waals surface area contributed by atoms with Crippen molar-refractivity contribution in [1.82, 2.24) is 0 Å². The molecule has 1 saturated heterocycles. The molecule has 0 aromatic rings. The molecule has 0 bridgehead atoms. The van der Waals surface area contributed by atoms with E-state index in [1.54, 1.807) is 0 Å². The summed E-state index contributed by atoms with van der Waals surface area (Å²) < 4.78 is 11.8. The van der Waals surface area contributed by atoms with E-state index in [1.165, 1.54) is 0 Å². The molecule has 0 spiro atoms. The highest BCUT2D eigenvalue weighted by Gasteiger charge is 2.37. The van der Waals surface area contributed by atoms with E-state index in [4.69, 9.17) is 9.47 Å². The lowest BCUT2D eigenvalue weighted by atomic mass is 9.93. The van der Waals surface area contributed by atoms with Crippen LogP contribution >= 0.6 is 0 Å². The van der Waals surface area contributed by atoms with Crippen LogP contribution < -0.4 is 0 Å². The largest absolute Gasteiger partial charge is 0.347 e. The first-order valence-electron chi connectivity index (χ1n) is 5.67. The molecule has 1 rings (SSSR count). The van der Waals surface area contributed by atoms with Crippen molar-refractivity contribution >= 4 is 0 Å². The molecule has 2 heteroatoms. The zero-order valence-corrected chi connectivity index (χ0v) is 10.3. The Balaban J connectivity index is 2.67. The lowest BCUT2D eigenvalue weighted by Gasteiger charge is -2.43. The quantitative estimate of drug-likeness (QED) is 0.681. The second kappa shape index (κ2) is 4.19. The molecule has 1 aliphatic rings. The Morgan fingerprint density at radius 3 is 1.57 bits per heavy atom. The highest BCUT2D eigenvalue weighted by molar-refractivity contribution is 4.79. The smallest absolute Gasteiger partial charge is 0.163 e. The van der Waals surface area contributed by atoms with Crippen molar-refractivity contribution in [2.45, 2.75) is 66.0 Å². The van der Waals surface area contributed by atoms with Gasteiger partial charge in [0.05, 0.1) is 12.2 Å². The molecule has 2 atom stereocenters. The van der Waals surface area contributed by atoms with E-state index in [9.17, 15) is 0 Å². The van der Waals surface area contributed by atoms with Crippen LogP contribution in [0.15, 0.2) is 0 Å². The van der Waals surface area contributed by atoms with E-state index >= 15 is 0 Å². The van der Waals surface area contributed by atoms with Crippen molar-refractivity contribution in [3.63, 3.8) is 0 Å². The van der Waals surface area contributed by atoms with Crippen LogP contribution in [-0.2, 0) is 9.47 Å². The second-order valence-corrected chi connectivity index (χ2v) is 5.44. The maximum absolute atomic E-state index is 5.89. The van der Waals surface area contributed by atoms with Gasteiger partial charge in [-0.1, -0.05) is 27.7 Å². The lowest BCUT2D eigenvalue weighted by Crippen LogP contribution is -2.47. The van der Waals surface area contributed by atoms with Gasteiger partial charge in [-0.15, -0.1) is 0 Å². The van der Waals surface area contributed by atoms with Crippen molar-refractivity contribution in [3.05, 3.63) is 0 Å². The molecule has 0 radical (unpaired) electrons.